The average molecular weight is 677 g/mol. The molecule has 42 heavy (non-hydrogen) atoms. The molecule has 0 radical (unpaired) electrons. The fourth-order valence-corrected chi connectivity index (χ4v) is 7.19. The SMILES string of the molecule is CC(C)(C)c1cc2cc(C(C)(C)C)cc3c4cc(-c5ccc(Br)cc5)cc5cc(C6=CC=C(Br)CC6)cc(c(c1)c23)c54. The number of rotatable bonds is 2. The molecular formula is C40H36Br2. The normalized spacial score (nSPS) is 14.8. The van der Waals surface area contributed by atoms with Crippen LogP contribution in [0.4, 0.5) is 0 Å². The summed E-state index contributed by atoms with van der Waals surface area (Å²) in [5.41, 5.74) is 8.11. The molecule has 0 nitrogen and oxygen atoms in total. The highest BCUT2D eigenvalue weighted by Crippen LogP contribution is 2.46. The van der Waals surface area contributed by atoms with E-state index in [-0.39, 0.29) is 10.8 Å². The van der Waals surface area contributed by atoms with Gasteiger partial charge in [-0.25, -0.2) is 0 Å². The van der Waals surface area contributed by atoms with E-state index < -0.39 is 0 Å². The Kier molecular flexibility index (Phi) is 6.50. The van der Waals surface area contributed by atoms with E-state index in [9.17, 15) is 0 Å². The minimum Gasteiger partial charge on any atom is -0.0576 e. The van der Waals surface area contributed by atoms with E-state index >= 15 is 0 Å². The molecule has 0 atom stereocenters. The molecule has 6 aromatic rings. The number of benzene rings is 6. The van der Waals surface area contributed by atoms with Gasteiger partial charge in [-0.3, -0.25) is 0 Å². The van der Waals surface area contributed by atoms with Crippen LogP contribution < -0.4 is 0 Å². The van der Waals surface area contributed by atoms with Crippen molar-refractivity contribution in [2.45, 2.75) is 65.2 Å². The van der Waals surface area contributed by atoms with Gasteiger partial charge in [0.15, 0.2) is 0 Å². The molecule has 210 valence electrons. The fourth-order valence-electron chi connectivity index (χ4n) is 6.59. The topological polar surface area (TPSA) is 0 Å². The molecule has 0 amide bonds. The van der Waals surface area contributed by atoms with Crippen molar-refractivity contribution in [1.29, 1.82) is 0 Å². The monoisotopic (exact) mass is 674 g/mol. The van der Waals surface area contributed by atoms with Gasteiger partial charge in [0.1, 0.15) is 0 Å². The summed E-state index contributed by atoms with van der Waals surface area (Å²) in [6.45, 7) is 14.0. The van der Waals surface area contributed by atoms with Crippen LogP contribution >= 0.6 is 31.9 Å². The van der Waals surface area contributed by atoms with Gasteiger partial charge in [-0.2, -0.15) is 0 Å². The minimum atomic E-state index is 0.0460. The van der Waals surface area contributed by atoms with E-state index in [0.717, 1.165) is 17.3 Å². The van der Waals surface area contributed by atoms with E-state index in [1.165, 1.54) is 81.0 Å². The van der Waals surface area contributed by atoms with Gasteiger partial charge >= 0.3 is 0 Å². The van der Waals surface area contributed by atoms with Crippen molar-refractivity contribution in [3.8, 4) is 11.1 Å². The summed E-state index contributed by atoms with van der Waals surface area (Å²) in [5.74, 6) is 0. The maximum absolute atomic E-state index is 3.71. The summed E-state index contributed by atoms with van der Waals surface area (Å²) >= 11 is 7.34. The third-order valence-electron chi connectivity index (χ3n) is 9.06. The predicted molar refractivity (Wildman–Crippen MR) is 192 cm³/mol. The smallest absolute Gasteiger partial charge is 0.0175 e. The summed E-state index contributed by atoms with van der Waals surface area (Å²) in [5, 5.41) is 10.9. The molecule has 2 heteroatoms. The van der Waals surface area contributed by atoms with E-state index in [0.29, 0.717) is 0 Å². The van der Waals surface area contributed by atoms with Crippen molar-refractivity contribution >= 4 is 80.5 Å². The van der Waals surface area contributed by atoms with E-state index in [1.807, 2.05) is 0 Å². The molecule has 0 heterocycles. The van der Waals surface area contributed by atoms with Crippen molar-refractivity contribution in [2.24, 2.45) is 0 Å². The van der Waals surface area contributed by atoms with E-state index in [1.54, 1.807) is 0 Å². The molecule has 0 saturated heterocycles. The number of allylic oxidation sites excluding steroid dienone is 4. The Morgan fingerprint density at radius 2 is 1.00 bits per heavy atom. The molecule has 0 bridgehead atoms. The van der Waals surface area contributed by atoms with Gasteiger partial charge in [0.2, 0.25) is 0 Å². The Balaban J connectivity index is 1.70. The zero-order valence-electron chi connectivity index (χ0n) is 25.3. The summed E-state index contributed by atoms with van der Waals surface area (Å²) in [6, 6.07) is 28.4. The largest absolute Gasteiger partial charge is 0.0576 e. The zero-order chi connectivity index (χ0) is 29.6. The quantitative estimate of drug-likeness (QED) is 0.127. The second kappa shape index (κ2) is 9.79. The van der Waals surface area contributed by atoms with Crippen LogP contribution in [0, 0.1) is 0 Å². The fraction of sp³-hybridized carbons (Fsp3) is 0.250. The van der Waals surface area contributed by atoms with Crippen molar-refractivity contribution in [2.75, 3.05) is 0 Å². The van der Waals surface area contributed by atoms with Gasteiger partial charge in [-0.05, 0) is 153 Å². The molecule has 6 aromatic carbocycles. The standard InChI is InChI=1S/C40H36Br2/c1-39(2,3)29-17-28-18-30(40(4,5)6)22-36-34-20-26(24-9-13-32(42)14-10-24)16-27-15-25(23-7-11-31(41)12-8-23)19-33(37(27)34)35(21-29)38(28)36/h7-9,11-13,15-22H,10,14H2,1-6H3. The van der Waals surface area contributed by atoms with Gasteiger partial charge in [-0.15, -0.1) is 0 Å². The lowest BCUT2D eigenvalue weighted by molar-refractivity contribution is 0.590. The number of hydrogen-bond acceptors (Lipinski definition) is 0. The minimum absolute atomic E-state index is 0.0460. The molecule has 1 aliphatic carbocycles. The first-order valence-electron chi connectivity index (χ1n) is 14.9. The summed E-state index contributed by atoms with van der Waals surface area (Å²) < 4.78 is 2.38. The molecule has 7 rings (SSSR count). The van der Waals surface area contributed by atoms with Crippen LogP contribution in [-0.4, -0.2) is 0 Å². The van der Waals surface area contributed by atoms with Crippen LogP contribution in [-0.2, 0) is 10.8 Å². The molecule has 0 saturated carbocycles. The number of fused-ring (bicyclic) bond motifs is 2. The summed E-state index contributed by atoms with van der Waals surface area (Å²) in [7, 11) is 0. The van der Waals surface area contributed by atoms with Crippen LogP contribution in [0.5, 0.6) is 0 Å². The highest BCUT2D eigenvalue weighted by atomic mass is 79.9. The zero-order valence-corrected chi connectivity index (χ0v) is 28.4. The average Bonchev–Trinajstić information content (AvgIpc) is 2.94. The number of hydrogen-bond donors (Lipinski definition) is 0. The predicted octanol–water partition coefficient (Wildman–Crippen LogP) is 13.2. The number of halogens is 2. The third-order valence-corrected chi connectivity index (χ3v) is 10.2. The maximum atomic E-state index is 3.71. The highest BCUT2D eigenvalue weighted by molar-refractivity contribution is 9.11. The Hall–Kier alpha value is -2.94. The molecule has 0 aliphatic heterocycles. The molecule has 0 spiro atoms. The van der Waals surface area contributed by atoms with Crippen LogP contribution in [0.3, 0.4) is 0 Å². The second-order valence-electron chi connectivity index (χ2n) is 14.1. The van der Waals surface area contributed by atoms with Gasteiger partial charge in [-0.1, -0.05) is 110 Å². The van der Waals surface area contributed by atoms with Crippen LogP contribution in [0.2, 0.25) is 0 Å². The first kappa shape index (κ1) is 27.9. The van der Waals surface area contributed by atoms with Gasteiger partial charge in [0.05, 0.1) is 0 Å². The maximum Gasteiger partial charge on any atom is 0.0175 e. The van der Waals surface area contributed by atoms with Crippen LogP contribution in [0.25, 0.3) is 59.8 Å². The molecule has 0 fully saturated rings. The molecule has 0 aromatic heterocycles. The summed E-state index contributed by atoms with van der Waals surface area (Å²) in [6.07, 6.45) is 6.62. The van der Waals surface area contributed by atoms with Crippen molar-refractivity contribution < 1.29 is 0 Å². The van der Waals surface area contributed by atoms with Crippen molar-refractivity contribution in [1.82, 2.24) is 0 Å². The third kappa shape index (κ3) is 4.72. The Morgan fingerprint density at radius 1 is 0.500 bits per heavy atom. The molecular weight excluding hydrogens is 640 g/mol. The van der Waals surface area contributed by atoms with Crippen molar-refractivity contribution in [3.63, 3.8) is 0 Å². The van der Waals surface area contributed by atoms with Crippen LogP contribution in [0.15, 0.2) is 93.9 Å². The van der Waals surface area contributed by atoms with E-state index in [2.05, 4.69) is 158 Å². The molecule has 1 aliphatic rings. The van der Waals surface area contributed by atoms with E-state index in [4.69, 9.17) is 0 Å². The lowest BCUT2D eigenvalue weighted by atomic mass is 9.78. The Labute approximate surface area is 266 Å². The van der Waals surface area contributed by atoms with Gasteiger partial charge in [0, 0.05) is 4.47 Å². The first-order chi connectivity index (χ1) is 19.9. The first-order valence-corrected chi connectivity index (χ1v) is 16.5. The lowest BCUT2D eigenvalue weighted by Crippen LogP contribution is -2.12. The van der Waals surface area contributed by atoms with Gasteiger partial charge in [0.25, 0.3) is 0 Å². The van der Waals surface area contributed by atoms with Crippen LogP contribution in [0.1, 0.15) is 71.1 Å². The summed E-state index contributed by atoms with van der Waals surface area (Å²) in [4.78, 5) is 0. The molecule has 0 N–H and O–H groups in total. The van der Waals surface area contributed by atoms with Gasteiger partial charge < -0.3 is 0 Å². The Bertz CT molecular complexity index is 2090. The second-order valence-corrected chi connectivity index (χ2v) is 16.0. The lowest BCUT2D eigenvalue weighted by Gasteiger charge is -2.26. The highest BCUT2D eigenvalue weighted by Gasteiger charge is 2.23. The Morgan fingerprint density at radius 3 is 1.52 bits per heavy atom. The molecule has 0 unspecified atom stereocenters. The van der Waals surface area contributed by atoms with Crippen molar-refractivity contribution in [3.05, 3.63) is 111 Å².